The minimum Gasteiger partial charge on any atom is -0.495 e. The standard InChI is InChI=1S/C18H15Cl3N2O3/c1-26-15-6-5-11(19)8-13(15)22-18(25)10-7-16(24)23(9-10)14-4-2-3-12(20)17(14)21/h2-6,8,10H,7,9H2,1H3,(H,22,25)/t10-/m1/s1. The fourth-order valence-corrected chi connectivity index (χ4v) is 3.40. The molecule has 1 heterocycles. The van der Waals surface area contributed by atoms with E-state index in [-0.39, 0.29) is 24.8 Å². The van der Waals surface area contributed by atoms with E-state index >= 15 is 0 Å². The SMILES string of the molecule is COc1ccc(Cl)cc1NC(=O)[C@@H]1CC(=O)N(c2cccc(Cl)c2Cl)C1. The molecule has 1 N–H and O–H groups in total. The molecule has 1 aliphatic rings. The highest BCUT2D eigenvalue weighted by molar-refractivity contribution is 6.44. The molecule has 0 spiro atoms. The lowest BCUT2D eigenvalue weighted by atomic mass is 10.1. The van der Waals surface area contributed by atoms with E-state index < -0.39 is 5.92 Å². The Balaban J connectivity index is 1.77. The van der Waals surface area contributed by atoms with Crippen LogP contribution in [0, 0.1) is 5.92 Å². The van der Waals surface area contributed by atoms with Crippen molar-refractivity contribution in [2.75, 3.05) is 23.9 Å². The molecule has 3 rings (SSSR count). The van der Waals surface area contributed by atoms with Gasteiger partial charge in [0.15, 0.2) is 0 Å². The molecule has 1 fully saturated rings. The minimum absolute atomic E-state index is 0.0809. The molecule has 136 valence electrons. The Kier molecular flexibility index (Phi) is 5.61. The van der Waals surface area contributed by atoms with Gasteiger partial charge >= 0.3 is 0 Å². The van der Waals surface area contributed by atoms with Crippen LogP contribution in [-0.4, -0.2) is 25.5 Å². The maximum Gasteiger partial charge on any atom is 0.229 e. The number of nitrogens with one attached hydrogen (secondary N) is 1. The van der Waals surface area contributed by atoms with Gasteiger partial charge in [-0.1, -0.05) is 40.9 Å². The lowest BCUT2D eigenvalue weighted by Crippen LogP contribution is -2.28. The fraction of sp³-hybridized carbons (Fsp3) is 0.222. The summed E-state index contributed by atoms with van der Waals surface area (Å²) in [4.78, 5) is 26.5. The highest BCUT2D eigenvalue weighted by Gasteiger charge is 2.36. The largest absolute Gasteiger partial charge is 0.495 e. The van der Waals surface area contributed by atoms with Gasteiger partial charge in [0.05, 0.1) is 34.4 Å². The summed E-state index contributed by atoms with van der Waals surface area (Å²) >= 11 is 18.2. The summed E-state index contributed by atoms with van der Waals surface area (Å²) in [5, 5.41) is 3.89. The van der Waals surface area contributed by atoms with Gasteiger partial charge in [-0.25, -0.2) is 0 Å². The Labute approximate surface area is 165 Å². The number of halogens is 3. The molecule has 0 aliphatic carbocycles. The molecular weight excluding hydrogens is 399 g/mol. The maximum atomic E-state index is 12.6. The summed E-state index contributed by atoms with van der Waals surface area (Å²) in [5.41, 5.74) is 0.955. The average Bonchev–Trinajstić information content (AvgIpc) is 2.99. The molecular formula is C18H15Cl3N2O3. The third-order valence-electron chi connectivity index (χ3n) is 4.14. The Morgan fingerprint density at radius 1 is 1.23 bits per heavy atom. The number of anilines is 2. The van der Waals surface area contributed by atoms with Crippen molar-refractivity contribution in [2.24, 2.45) is 5.92 Å². The Morgan fingerprint density at radius 3 is 2.73 bits per heavy atom. The second-order valence-electron chi connectivity index (χ2n) is 5.81. The number of methoxy groups -OCH3 is 1. The predicted octanol–water partition coefficient (Wildman–Crippen LogP) is 4.65. The highest BCUT2D eigenvalue weighted by atomic mass is 35.5. The average molecular weight is 414 g/mol. The third kappa shape index (κ3) is 3.75. The molecule has 0 unspecified atom stereocenters. The fourth-order valence-electron chi connectivity index (χ4n) is 2.83. The van der Waals surface area contributed by atoms with Crippen LogP contribution in [0.25, 0.3) is 0 Å². The first-order valence-electron chi connectivity index (χ1n) is 7.79. The number of nitrogens with zero attached hydrogens (tertiary/aromatic N) is 1. The van der Waals surface area contributed by atoms with Crippen LogP contribution in [0.2, 0.25) is 15.1 Å². The van der Waals surface area contributed by atoms with E-state index in [0.717, 1.165) is 0 Å². The summed E-state index contributed by atoms with van der Waals surface area (Å²) in [6, 6.07) is 9.98. The van der Waals surface area contributed by atoms with Gasteiger partial charge in [0, 0.05) is 18.0 Å². The molecule has 2 aromatic rings. The second-order valence-corrected chi connectivity index (χ2v) is 7.03. The zero-order chi connectivity index (χ0) is 18.8. The van der Waals surface area contributed by atoms with E-state index in [1.54, 1.807) is 36.4 Å². The predicted molar refractivity (Wildman–Crippen MR) is 104 cm³/mol. The number of ether oxygens (including phenoxy) is 1. The lowest BCUT2D eigenvalue weighted by molar-refractivity contribution is -0.122. The van der Waals surface area contributed by atoms with E-state index in [9.17, 15) is 9.59 Å². The molecule has 8 heteroatoms. The Bertz CT molecular complexity index is 873. The van der Waals surface area contributed by atoms with E-state index in [1.165, 1.54) is 12.0 Å². The zero-order valence-electron chi connectivity index (χ0n) is 13.8. The summed E-state index contributed by atoms with van der Waals surface area (Å²) in [7, 11) is 1.50. The summed E-state index contributed by atoms with van der Waals surface area (Å²) in [6.07, 6.45) is 0.0809. The molecule has 2 aromatic carbocycles. The quantitative estimate of drug-likeness (QED) is 0.794. The highest BCUT2D eigenvalue weighted by Crippen LogP contribution is 2.36. The summed E-state index contributed by atoms with van der Waals surface area (Å²) < 4.78 is 5.22. The van der Waals surface area contributed by atoms with E-state index in [0.29, 0.717) is 32.2 Å². The normalized spacial score (nSPS) is 16.7. The van der Waals surface area contributed by atoms with Crippen molar-refractivity contribution in [1.82, 2.24) is 0 Å². The number of benzene rings is 2. The zero-order valence-corrected chi connectivity index (χ0v) is 16.0. The van der Waals surface area contributed by atoms with Gasteiger partial charge in [0.2, 0.25) is 11.8 Å². The van der Waals surface area contributed by atoms with Crippen LogP contribution < -0.4 is 15.0 Å². The minimum atomic E-state index is -0.527. The first-order chi connectivity index (χ1) is 12.4. The summed E-state index contributed by atoms with van der Waals surface area (Å²) in [6.45, 7) is 0.216. The van der Waals surface area contributed by atoms with Gasteiger partial charge in [-0.3, -0.25) is 9.59 Å². The van der Waals surface area contributed by atoms with E-state index in [2.05, 4.69) is 5.32 Å². The number of hydrogen-bond donors (Lipinski definition) is 1. The van der Waals surface area contributed by atoms with Gasteiger partial charge in [-0.05, 0) is 30.3 Å². The van der Waals surface area contributed by atoms with Crippen molar-refractivity contribution in [3.63, 3.8) is 0 Å². The molecule has 1 saturated heterocycles. The van der Waals surface area contributed by atoms with Gasteiger partial charge in [-0.2, -0.15) is 0 Å². The number of amides is 2. The van der Waals surface area contributed by atoms with Crippen LogP contribution in [-0.2, 0) is 9.59 Å². The van der Waals surface area contributed by atoms with Crippen LogP contribution in [0.1, 0.15) is 6.42 Å². The smallest absolute Gasteiger partial charge is 0.229 e. The van der Waals surface area contributed by atoms with Crippen LogP contribution in [0.3, 0.4) is 0 Å². The topological polar surface area (TPSA) is 58.6 Å². The molecule has 0 saturated carbocycles. The molecule has 0 aromatic heterocycles. The van der Waals surface area contributed by atoms with Gasteiger partial charge in [0.1, 0.15) is 5.75 Å². The van der Waals surface area contributed by atoms with Crippen LogP contribution in [0.15, 0.2) is 36.4 Å². The van der Waals surface area contributed by atoms with Crippen molar-refractivity contribution in [3.8, 4) is 5.75 Å². The number of hydrogen-bond acceptors (Lipinski definition) is 3. The van der Waals surface area contributed by atoms with Crippen LogP contribution in [0.4, 0.5) is 11.4 Å². The van der Waals surface area contributed by atoms with Crippen LogP contribution in [0.5, 0.6) is 5.75 Å². The Morgan fingerprint density at radius 2 is 2.00 bits per heavy atom. The first-order valence-corrected chi connectivity index (χ1v) is 8.93. The van der Waals surface area contributed by atoms with Gasteiger partial charge < -0.3 is 15.0 Å². The second kappa shape index (κ2) is 7.74. The molecule has 0 bridgehead atoms. The van der Waals surface area contributed by atoms with Crippen molar-refractivity contribution in [1.29, 1.82) is 0 Å². The Hall–Kier alpha value is -1.95. The molecule has 1 atom stereocenters. The number of carbonyl (C=O) groups is 2. The van der Waals surface area contributed by atoms with E-state index in [1.807, 2.05) is 0 Å². The van der Waals surface area contributed by atoms with Crippen molar-refractivity contribution in [3.05, 3.63) is 51.5 Å². The molecule has 0 radical (unpaired) electrons. The summed E-state index contributed by atoms with van der Waals surface area (Å²) in [5.74, 6) is -0.519. The van der Waals surface area contributed by atoms with Crippen molar-refractivity contribution >= 4 is 58.0 Å². The van der Waals surface area contributed by atoms with Gasteiger partial charge in [-0.15, -0.1) is 0 Å². The monoisotopic (exact) mass is 412 g/mol. The van der Waals surface area contributed by atoms with Crippen molar-refractivity contribution in [2.45, 2.75) is 6.42 Å². The van der Waals surface area contributed by atoms with Crippen molar-refractivity contribution < 1.29 is 14.3 Å². The third-order valence-corrected chi connectivity index (χ3v) is 5.18. The maximum absolute atomic E-state index is 12.6. The van der Waals surface area contributed by atoms with Gasteiger partial charge in [0.25, 0.3) is 0 Å². The van der Waals surface area contributed by atoms with Crippen LogP contribution >= 0.6 is 34.8 Å². The molecule has 2 amide bonds. The molecule has 26 heavy (non-hydrogen) atoms. The lowest BCUT2D eigenvalue weighted by Gasteiger charge is -2.19. The molecule has 1 aliphatic heterocycles. The first kappa shape index (κ1) is 18.8. The molecule has 5 nitrogen and oxygen atoms in total. The number of carbonyl (C=O) groups excluding carboxylic acids is 2. The van der Waals surface area contributed by atoms with E-state index in [4.69, 9.17) is 39.5 Å². The number of rotatable bonds is 4.